The molecule has 1 rings (SSSR count). The van der Waals surface area contributed by atoms with Gasteiger partial charge in [-0.25, -0.2) is 0 Å². The van der Waals surface area contributed by atoms with Crippen molar-refractivity contribution in [3.05, 3.63) is 17.5 Å². The number of hydrogen-bond donors (Lipinski definition) is 2. The van der Waals surface area contributed by atoms with Crippen LogP contribution in [0.2, 0.25) is 0 Å². The fraction of sp³-hybridized carbons (Fsp3) is 0.636. The largest absolute Gasteiger partial charge is 0.396 e. The number of aromatic nitrogens is 2. The highest BCUT2D eigenvalue weighted by Crippen LogP contribution is 2.03. The van der Waals surface area contributed by atoms with Gasteiger partial charge in [-0.15, -0.1) is 0 Å². The summed E-state index contributed by atoms with van der Waals surface area (Å²) >= 11 is 0. The van der Waals surface area contributed by atoms with E-state index < -0.39 is 0 Å². The van der Waals surface area contributed by atoms with Crippen molar-refractivity contribution in [1.29, 1.82) is 0 Å². The number of rotatable bonds is 6. The number of aryl methyl sites for hydroxylation is 2. The van der Waals surface area contributed by atoms with E-state index in [1.807, 2.05) is 6.92 Å². The van der Waals surface area contributed by atoms with Gasteiger partial charge in [-0.05, 0) is 25.3 Å². The van der Waals surface area contributed by atoms with Crippen LogP contribution in [-0.2, 0) is 13.5 Å². The molecule has 1 aromatic rings. The summed E-state index contributed by atoms with van der Waals surface area (Å²) in [5, 5.41) is 15.6. The smallest absolute Gasteiger partial charge is 0.269 e. The van der Waals surface area contributed by atoms with Gasteiger partial charge in [0.05, 0.1) is 5.69 Å². The lowest BCUT2D eigenvalue weighted by Gasteiger charge is -2.03. The maximum absolute atomic E-state index is 11.7. The fourth-order valence-electron chi connectivity index (χ4n) is 1.44. The van der Waals surface area contributed by atoms with Crippen LogP contribution in [0.5, 0.6) is 0 Å². The third-order valence-corrected chi connectivity index (χ3v) is 2.40. The van der Waals surface area contributed by atoms with E-state index in [4.69, 9.17) is 5.11 Å². The number of hydrogen-bond acceptors (Lipinski definition) is 3. The summed E-state index contributed by atoms with van der Waals surface area (Å²) in [5.41, 5.74) is 1.50. The third-order valence-electron chi connectivity index (χ3n) is 2.40. The Hall–Kier alpha value is -1.36. The number of carbonyl (C=O) groups excluding carboxylic acids is 1. The molecule has 0 aromatic carbocycles. The minimum absolute atomic E-state index is 0.104. The molecule has 0 aliphatic carbocycles. The van der Waals surface area contributed by atoms with Crippen LogP contribution < -0.4 is 5.32 Å². The molecule has 0 fully saturated rings. The minimum Gasteiger partial charge on any atom is -0.396 e. The Balaban J connectivity index is 2.49. The van der Waals surface area contributed by atoms with Crippen molar-refractivity contribution in [2.45, 2.75) is 26.2 Å². The topological polar surface area (TPSA) is 67.2 Å². The predicted octanol–water partition coefficient (Wildman–Crippen LogP) is 0.485. The van der Waals surface area contributed by atoms with Crippen LogP contribution in [-0.4, -0.2) is 33.9 Å². The number of carbonyl (C=O) groups is 1. The van der Waals surface area contributed by atoms with E-state index in [-0.39, 0.29) is 12.5 Å². The summed E-state index contributed by atoms with van der Waals surface area (Å²) in [6.07, 6.45) is 2.33. The highest BCUT2D eigenvalue weighted by atomic mass is 16.2. The van der Waals surface area contributed by atoms with Crippen molar-refractivity contribution in [2.75, 3.05) is 13.2 Å². The Morgan fingerprint density at radius 2 is 2.31 bits per heavy atom. The van der Waals surface area contributed by atoms with E-state index in [0.29, 0.717) is 18.7 Å². The summed E-state index contributed by atoms with van der Waals surface area (Å²) in [4.78, 5) is 11.7. The highest BCUT2D eigenvalue weighted by molar-refractivity contribution is 5.92. The number of nitrogens with zero attached hydrogens (tertiary/aromatic N) is 2. The maximum atomic E-state index is 11.7. The van der Waals surface area contributed by atoms with Crippen LogP contribution in [0.25, 0.3) is 0 Å². The van der Waals surface area contributed by atoms with Crippen LogP contribution in [0.1, 0.15) is 35.9 Å². The first-order chi connectivity index (χ1) is 7.69. The summed E-state index contributed by atoms with van der Waals surface area (Å²) in [6, 6.07) is 1.81. The Labute approximate surface area is 95.5 Å². The molecule has 1 heterocycles. The summed E-state index contributed by atoms with van der Waals surface area (Å²) < 4.78 is 1.60. The second kappa shape index (κ2) is 6.27. The quantitative estimate of drug-likeness (QED) is 0.692. The number of nitrogens with one attached hydrogen (secondary N) is 1. The molecule has 1 amide bonds. The van der Waals surface area contributed by atoms with Gasteiger partial charge in [0, 0.05) is 20.2 Å². The Bertz CT molecular complexity index is 347. The molecule has 0 unspecified atom stereocenters. The first-order valence-corrected chi connectivity index (χ1v) is 5.61. The molecular weight excluding hydrogens is 206 g/mol. The zero-order valence-electron chi connectivity index (χ0n) is 9.86. The van der Waals surface area contributed by atoms with Crippen molar-refractivity contribution in [3.63, 3.8) is 0 Å². The number of aliphatic hydroxyl groups excluding tert-OH is 1. The summed E-state index contributed by atoms with van der Waals surface area (Å²) in [7, 11) is 1.77. The Kier molecular flexibility index (Phi) is 4.98. The van der Waals surface area contributed by atoms with E-state index >= 15 is 0 Å². The van der Waals surface area contributed by atoms with E-state index in [2.05, 4.69) is 10.4 Å². The molecule has 5 nitrogen and oxygen atoms in total. The normalized spacial score (nSPS) is 10.4. The zero-order chi connectivity index (χ0) is 12.0. The first-order valence-electron chi connectivity index (χ1n) is 5.61. The van der Waals surface area contributed by atoms with Crippen LogP contribution in [0.3, 0.4) is 0 Å². The van der Waals surface area contributed by atoms with Gasteiger partial charge in [0.2, 0.25) is 0 Å². The number of amides is 1. The Morgan fingerprint density at radius 3 is 2.88 bits per heavy atom. The van der Waals surface area contributed by atoms with Crippen LogP contribution in [0, 0.1) is 0 Å². The van der Waals surface area contributed by atoms with Gasteiger partial charge in [0.1, 0.15) is 5.69 Å². The van der Waals surface area contributed by atoms with E-state index in [1.54, 1.807) is 17.8 Å². The van der Waals surface area contributed by atoms with Gasteiger partial charge < -0.3 is 10.4 Å². The second-order valence-electron chi connectivity index (χ2n) is 3.68. The van der Waals surface area contributed by atoms with Crippen LogP contribution >= 0.6 is 0 Å². The lowest BCUT2D eigenvalue weighted by molar-refractivity contribution is 0.0942. The molecule has 0 spiro atoms. The molecule has 0 saturated heterocycles. The van der Waals surface area contributed by atoms with E-state index in [0.717, 1.165) is 18.5 Å². The average molecular weight is 225 g/mol. The molecule has 90 valence electrons. The van der Waals surface area contributed by atoms with Gasteiger partial charge in [-0.2, -0.15) is 5.10 Å². The molecule has 0 aliphatic rings. The zero-order valence-corrected chi connectivity index (χ0v) is 9.86. The second-order valence-corrected chi connectivity index (χ2v) is 3.68. The standard InChI is InChI=1S/C11H19N3O2/c1-3-9-8-10(14(2)13-9)11(16)12-6-4-5-7-15/h8,15H,3-7H2,1-2H3,(H,12,16). The van der Waals surface area contributed by atoms with Gasteiger partial charge in [0.15, 0.2) is 0 Å². The molecule has 1 aromatic heterocycles. The third kappa shape index (κ3) is 3.34. The van der Waals surface area contributed by atoms with Crippen LogP contribution in [0.4, 0.5) is 0 Å². The maximum Gasteiger partial charge on any atom is 0.269 e. The van der Waals surface area contributed by atoms with Gasteiger partial charge in [-0.1, -0.05) is 6.92 Å². The lowest BCUT2D eigenvalue weighted by atomic mass is 10.3. The average Bonchev–Trinajstić information content (AvgIpc) is 2.66. The van der Waals surface area contributed by atoms with E-state index in [9.17, 15) is 4.79 Å². The molecule has 16 heavy (non-hydrogen) atoms. The Morgan fingerprint density at radius 1 is 1.56 bits per heavy atom. The lowest BCUT2D eigenvalue weighted by Crippen LogP contribution is -2.26. The summed E-state index contributed by atoms with van der Waals surface area (Å²) in [6.45, 7) is 2.76. The van der Waals surface area contributed by atoms with Crippen LogP contribution in [0.15, 0.2) is 6.07 Å². The van der Waals surface area contributed by atoms with Crippen molar-refractivity contribution < 1.29 is 9.90 Å². The monoisotopic (exact) mass is 225 g/mol. The van der Waals surface area contributed by atoms with E-state index in [1.165, 1.54) is 0 Å². The first kappa shape index (κ1) is 12.7. The SMILES string of the molecule is CCc1cc(C(=O)NCCCCO)n(C)n1. The van der Waals surface area contributed by atoms with Crippen molar-refractivity contribution in [3.8, 4) is 0 Å². The molecular formula is C11H19N3O2. The molecule has 0 aliphatic heterocycles. The predicted molar refractivity (Wildman–Crippen MR) is 61.2 cm³/mol. The molecule has 0 radical (unpaired) electrons. The van der Waals surface area contributed by atoms with Crippen molar-refractivity contribution >= 4 is 5.91 Å². The highest BCUT2D eigenvalue weighted by Gasteiger charge is 2.11. The molecule has 5 heteroatoms. The molecule has 0 atom stereocenters. The van der Waals surface area contributed by atoms with Crippen molar-refractivity contribution in [1.82, 2.24) is 15.1 Å². The number of unbranched alkanes of at least 4 members (excludes halogenated alkanes) is 1. The fourth-order valence-corrected chi connectivity index (χ4v) is 1.44. The minimum atomic E-state index is -0.104. The van der Waals surface area contributed by atoms with Gasteiger partial charge in [-0.3, -0.25) is 9.48 Å². The van der Waals surface area contributed by atoms with Gasteiger partial charge in [0.25, 0.3) is 5.91 Å². The van der Waals surface area contributed by atoms with Gasteiger partial charge >= 0.3 is 0 Å². The molecule has 0 saturated carbocycles. The molecule has 2 N–H and O–H groups in total. The molecule has 0 bridgehead atoms. The van der Waals surface area contributed by atoms with Crippen molar-refractivity contribution in [2.24, 2.45) is 7.05 Å². The summed E-state index contributed by atoms with van der Waals surface area (Å²) in [5.74, 6) is -0.104. The number of aliphatic hydroxyl groups is 1.